The van der Waals surface area contributed by atoms with Gasteiger partial charge in [-0.15, -0.1) is 0 Å². The lowest BCUT2D eigenvalue weighted by molar-refractivity contribution is -0.117. The normalized spacial score (nSPS) is 15.0. The molecule has 0 N–H and O–H groups in total. The first-order valence-corrected chi connectivity index (χ1v) is 8.74. The highest BCUT2D eigenvalue weighted by Crippen LogP contribution is 2.23. The van der Waals surface area contributed by atoms with Crippen molar-refractivity contribution in [3.8, 4) is 0 Å². The summed E-state index contributed by atoms with van der Waals surface area (Å²) in [4.78, 5) is 38.3. The Kier molecular flexibility index (Phi) is 5.38. The van der Waals surface area contributed by atoms with Crippen molar-refractivity contribution >= 4 is 34.9 Å². The highest BCUT2D eigenvalue weighted by Gasteiger charge is 2.24. The van der Waals surface area contributed by atoms with Crippen molar-refractivity contribution in [3.05, 3.63) is 64.7 Å². The number of anilines is 1. The Balaban J connectivity index is 1.70. The van der Waals surface area contributed by atoms with Crippen molar-refractivity contribution in [2.45, 2.75) is 25.9 Å². The zero-order valence-corrected chi connectivity index (χ0v) is 15.0. The molecule has 5 nitrogen and oxygen atoms in total. The lowest BCUT2D eigenvalue weighted by atomic mass is 10.1. The van der Waals surface area contributed by atoms with Crippen LogP contribution in [0.2, 0.25) is 5.02 Å². The van der Waals surface area contributed by atoms with E-state index in [0.29, 0.717) is 34.8 Å². The standard InChI is InChI=1S/C20H18ClNO4/c1-13(19(24)14-7-9-16(21)10-8-14)26-20(25)15-4-2-5-17(12-15)22-11-3-6-18(22)23/h2,4-5,7-10,12-13H,3,6,11H2,1H3/t13-/m0/s1. The monoisotopic (exact) mass is 371 g/mol. The Morgan fingerprint density at radius 2 is 1.85 bits per heavy atom. The summed E-state index contributed by atoms with van der Waals surface area (Å²) in [7, 11) is 0. The van der Waals surface area contributed by atoms with Crippen LogP contribution in [-0.4, -0.2) is 30.3 Å². The molecular weight excluding hydrogens is 354 g/mol. The average molecular weight is 372 g/mol. The Hall–Kier alpha value is -2.66. The van der Waals surface area contributed by atoms with Crippen molar-refractivity contribution in [1.29, 1.82) is 0 Å². The van der Waals surface area contributed by atoms with Crippen LogP contribution in [0.3, 0.4) is 0 Å². The summed E-state index contributed by atoms with van der Waals surface area (Å²) < 4.78 is 5.30. The first-order chi connectivity index (χ1) is 12.5. The fourth-order valence-electron chi connectivity index (χ4n) is 2.85. The topological polar surface area (TPSA) is 63.7 Å². The van der Waals surface area contributed by atoms with E-state index in [1.807, 2.05) is 0 Å². The molecule has 1 fully saturated rings. The van der Waals surface area contributed by atoms with Gasteiger partial charge >= 0.3 is 5.97 Å². The van der Waals surface area contributed by atoms with Crippen LogP contribution in [0.4, 0.5) is 5.69 Å². The predicted octanol–water partition coefficient (Wildman–Crippen LogP) is 3.90. The van der Waals surface area contributed by atoms with E-state index in [9.17, 15) is 14.4 Å². The Bertz CT molecular complexity index is 847. The third-order valence-electron chi connectivity index (χ3n) is 4.25. The van der Waals surface area contributed by atoms with Gasteiger partial charge in [-0.25, -0.2) is 4.79 Å². The van der Waals surface area contributed by atoms with Crippen molar-refractivity contribution in [2.75, 3.05) is 11.4 Å². The maximum Gasteiger partial charge on any atom is 0.338 e. The van der Waals surface area contributed by atoms with E-state index < -0.39 is 12.1 Å². The molecule has 26 heavy (non-hydrogen) atoms. The van der Waals surface area contributed by atoms with Gasteiger partial charge in [0.1, 0.15) is 0 Å². The Morgan fingerprint density at radius 1 is 1.12 bits per heavy atom. The zero-order valence-electron chi connectivity index (χ0n) is 14.3. The smallest absolute Gasteiger partial charge is 0.338 e. The van der Waals surface area contributed by atoms with Gasteiger partial charge in [0.25, 0.3) is 0 Å². The number of ketones is 1. The van der Waals surface area contributed by atoms with Gasteiger partial charge in [-0.3, -0.25) is 9.59 Å². The van der Waals surface area contributed by atoms with E-state index in [0.717, 1.165) is 6.42 Å². The van der Waals surface area contributed by atoms with E-state index in [4.69, 9.17) is 16.3 Å². The molecule has 1 heterocycles. The third kappa shape index (κ3) is 3.94. The number of Topliss-reactive ketones (excluding diaryl/α,β-unsaturated/α-hetero) is 1. The van der Waals surface area contributed by atoms with Gasteiger partial charge in [-0.1, -0.05) is 17.7 Å². The number of hydrogen-bond acceptors (Lipinski definition) is 4. The largest absolute Gasteiger partial charge is 0.451 e. The molecule has 0 unspecified atom stereocenters. The van der Waals surface area contributed by atoms with Crippen LogP contribution in [-0.2, 0) is 9.53 Å². The lowest BCUT2D eigenvalue weighted by Crippen LogP contribution is -2.25. The number of esters is 1. The summed E-state index contributed by atoms with van der Waals surface area (Å²) in [5, 5.41) is 0.527. The number of nitrogens with zero attached hydrogens (tertiary/aromatic N) is 1. The number of benzene rings is 2. The highest BCUT2D eigenvalue weighted by molar-refractivity contribution is 6.30. The molecule has 0 saturated carbocycles. The number of carbonyl (C=O) groups is 3. The molecule has 6 heteroatoms. The van der Waals surface area contributed by atoms with E-state index in [1.54, 1.807) is 53.4 Å². The van der Waals surface area contributed by atoms with Crippen molar-refractivity contribution in [3.63, 3.8) is 0 Å². The number of halogens is 1. The molecule has 0 bridgehead atoms. The molecule has 1 aliphatic rings. The van der Waals surface area contributed by atoms with Crippen LogP contribution in [0.1, 0.15) is 40.5 Å². The maximum absolute atomic E-state index is 12.4. The van der Waals surface area contributed by atoms with Gasteiger partial charge in [0.15, 0.2) is 6.10 Å². The minimum absolute atomic E-state index is 0.0433. The first kappa shape index (κ1) is 18.1. The quantitative estimate of drug-likeness (QED) is 0.590. The Morgan fingerprint density at radius 3 is 2.50 bits per heavy atom. The SMILES string of the molecule is C[C@H](OC(=O)c1cccc(N2CCCC2=O)c1)C(=O)c1ccc(Cl)cc1. The second kappa shape index (κ2) is 7.70. The van der Waals surface area contributed by atoms with E-state index >= 15 is 0 Å². The molecule has 134 valence electrons. The molecule has 1 atom stereocenters. The summed E-state index contributed by atoms with van der Waals surface area (Å²) in [5.74, 6) is -0.865. The van der Waals surface area contributed by atoms with E-state index in [-0.39, 0.29) is 11.7 Å². The van der Waals surface area contributed by atoms with Crippen LogP contribution >= 0.6 is 11.6 Å². The number of rotatable bonds is 5. The molecule has 0 aromatic heterocycles. The third-order valence-corrected chi connectivity index (χ3v) is 4.50. The molecule has 2 aromatic carbocycles. The lowest BCUT2D eigenvalue weighted by Gasteiger charge is -2.17. The molecule has 1 amide bonds. The number of ether oxygens (including phenoxy) is 1. The van der Waals surface area contributed by atoms with Crippen molar-refractivity contribution in [2.24, 2.45) is 0 Å². The van der Waals surface area contributed by atoms with E-state index in [2.05, 4.69) is 0 Å². The second-order valence-electron chi connectivity index (χ2n) is 6.12. The average Bonchev–Trinajstić information content (AvgIpc) is 3.07. The number of carbonyl (C=O) groups excluding carboxylic acids is 3. The maximum atomic E-state index is 12.4. The van der Waals surface area contributed by atoms with E-state index in [1.165, 1.54) is 6.92 Å². The van der Waals surface area contributed by atoms with Gasteiger partial charge in [-0.05, 0) is 55.8 Å². The molecule has 1 saturated heterocycles. The number of hydrogen-bond donors (Lipinski definition) is 0. The minimum atomic E-state index is -0.930. The molecule has 0 spiro atoms. The first-order valence-electron chi connectivity index (χ1n) is 8.37. The van der Waals surface area contributed by atoms with Crippen molar-refractivity contribution in [1.82, 2.24) is 0 Å². The molecular formula is C20H18ClNO4. The molecule has 2 aromatic rings. The summed E-state index contributed by atoms with van der Waals surface area (Å²) in [5.41, 5.74) is 1.39. The van der Waals surface area contributed by atoms with Crippen LogP contribution in [0, 0.1) is 0 Å². The predicted molar refractivity (Wildman–Crippen MR) is 98.7 cm³/mol. The number of amides is 1. The van der Waals surface area contributed by atoms with Gasteiger partial charge in [-0.2, -0.15) is 0 Å². The fourth-order valence-corrected chi connectivity index (χ4v) is 2.98. The second-order valence-corrected chi connectivity index (χ2v) is 6.55. The summed E-state index contributed by atoms with van der Waals surface area (Å²) in [6, 6.07) is 13.1. The van der Waals surface area contributed by atoms with Gasteiger partial charge in [0.05, 0.1) is 5.56 Å². The minimum Gasteiger partial charge on any atom is -0.451 e. The summed E-state index contributed by atoms with van der Waals surface area (Å²) in [6.07, 6.45) is 0.391. The van der Waals surface area contributed by atoms with Crippen LogP contribution < -0.4 is 4.90 Å². The van der Waals surface area contributed by atoms with Crippen molar-refractivity contribution < 1.29 is 19.1 Å². The fraction of sp³-hybridized carbons (Fsp3) is 0.250. The van der Waals surface area contributed by atoms with Gasteiger partial charge in [0.2, 0.25) is 11.7 Å². The van der Waals surface area contributed by atoms with Gasteiger partial charge in [0, 0.05) is 29.2 Å². The highest BCUT2D eigenvalue weighted by atomic mass is 35.5. The molecule has 0 aliphatic carbocycles. The molecule has 1 aliphatic heterocycles. The summed E-state index contributed by atoms with van der Waals surface area (Å²) in [6.45, 7) is 2.17. The molecule has 0 radical (unpaired) electrons. The van der Waals surface area contributed by atoms with Crippen LogP contribution in [0.5, 0.6) is 0 Å². The van der Waals surface area contributed by atoms with Crippen LogP contribution in [0.25, 0.3) is 0 Å². The van der Waals surface area contributed by atoms with Crippen LogP contribution in [0.15, 0.2) is 48.5 Å². The molecule has 3 rings (SSSR count). The Labute approximate surface area is 156 Å². The van der Waals surface area contributed by atoms with Gasteiger partial charge < -0.3 is 9.64 Å². The zero-order chi connectivity index (χ0) is 18.7. The summed E-state index contributed by atoms with van der Waals surface area (Å²) >= 11 is 5.81.